The van der Waals surface area contributed by atoms with E-state index in [1.807, 2.05) is 0 Å². The molecule has 4 nitrogen and oxygen atoms in total. The Kier molecular flexibility index (Phi) is 4.19. The summed E-state index contributed by atoms with van der Waals surface area (Å²) < 4.78 is 13.4. The highest BCUT2D eigenvalue weighted by atomic mass is 35.5. The average molecular weight is 283 g/mol. The van der Waals surface area contributed by atoms with Crippen LogP contribution in [0.4, 0.5) is 4.39 Å². The molecule has 3 N–H and O–H groups in total. The molecule has 2 rings (SSSR count). The molecule has 0 fully saturated rings. The van der Waals surface area contributed by atoms with Crippen molar-refractivity contribution < 1.29 is 14.3 Å². The number of carbonyl (C=O) groups excluding carboxylic acids is 1. The van der Waals surface area contributed by atoms with Gasteiger partial charge < -0.3 is 15.4 Å². The van der Waals surface area contributed by atoms with Crippen molar-refractivity contribution >= 4 is 17.5 Å². The van der Waals surface area contributed by atoms with Crippen LogP contribution in [-0.2, 0) is 0 Å². The zero-order valence-electron chi connectivity index (χ0n) is 9.86. The number of aliphatic hydroxyl groups excluding tert-OH is 1. The van der Waals surface area contributed by atoms with Gasteiger partial charge >= 0.3 is 0 Å². The third-order valence-corrected chi connectivity index (χ3v) is 2.98. The highest BCUT2D eigenvalue weighted by molar-refractivity contribution is 6.30. The van der Waals surface area contributed by atoms with E-state index in [0.717, 1.165) is 0 Å². The van der Waals surface area contributed by atoms with Crippen molar-refractivity contribution in [1.82, 2.24) is 10.3 Å². The summed E-state index contributed by atoms with van der Waals surface area (Å²) in [5.41, 5.74) is 0.817. The molecule has 1 atom stereocenters. The Hall–Kier alpha value is -1.85. The first-order valence-corrected chi connectivity index (χ1v) is 5.99. The number of carbonyl (C=O) groups is 1. The van der Waals surface area contributed by atoms with E-state index >= 15 is 0 Å². The highest BCUT2D eigenvalue weighted by Gasteiger charge is 2.16. The Morgan fingerprint density at radius 3 is 2.84 bits per heavy atom. The number of hydrogen-bond acceptors (Lipinski definition) is 2. The topological polar surface area (TPSA) is 65.1 Å². The standard InChI is InChI=1S/C13H12ClFN2O2/c14-9-4-3-8(6-10(9)15)12(7-18)17-13(19)11-2-1-5-16-11/h1-6,12,16,18H,7H2,(H,17,19)/t12-/m0/s1. The Morgan fingerprint density at radius 1 is 1.47 bits per heavy atom. The van der Waals surface area contributed by atoms with Crippen LogP contribution < -0.4 is 5.32 Å². The van der Waals surface area contributed by atoms with Gasteiger partial charge in [-0.25, -0.2) is 4.39 Å². The van der Waals surface area contributed by atoms with Gasteiger partial charge in [-0.3, -0.25) is 4.79 Å². The van der Waals surface area contributed by atoms with Gasteiger partial charge in [0.2, 0.25) is 0 Å². The molecule has 1 aromatic heterocycles. The molecule has 1 aromatic carbocycles. The van der Waals surface area contributed by atoms with Crippen LogP contribution in [0.5, 0.6) is 0 Å². The monoisotopic (exact) mass is 282 g/mol. The lowest BCUT2D eigenvalue weighted by molar-refractivity contribution is 0.0911. The number of rotatable bonds is 4. The van der Waals surface area contributed by atoms with Gasteiger partial charge in [0.15, 0.2) is 0 Å². The lowest BCUT2D eigenvalue weighted by Crippen LogP contribution is -2.31. The zero-order chi connectivity index (χ0) is 13.8. The smallest absolute Gasteiger partial charge is 0.268 e. The van der Waals surface area contributed by atoms with Gasteiger partial charge in [-0.2, -0.15) is 0 Å². The molecule has 1 heterocycles. The van der Waals surface area contributed by atoms with E-state index in [1.165, 1.54) is 12.1 Å². The molecule has 0 aliphatic rings. The lowest BCUT2D eigenvalue weighted by atomic mass is 10.1. The number of aromatic nitrogens is 1. The van der Waals surface area contributed by atoms with Crippen LogP contribution in [0.15, 0.2) is 36.5 Å². The van der Waals surface area contributed by atoms with Crippen LogP contribution in [0.2, 0.25) is 5.02 Å². The summed E-state index contributed by atoms with van der Waals surface area (Å²) in [7, 11) is 0. The van der Waals surface area contributed by atoms with E-state index in [-0.39, 0.29) is 17.5 Å². The maximum Gasteiger partial charge on any atom is 0.268 e. The van der Waals surface area contributed by atoms with Crippen LogP contribution in [0.1, 0.15) is 22.1 Å². The molecule has 2 aromatic rings. The number of amides is 1. The van der Waals surface area contributed by atoms with Crippen molar-refractivity contribution in [3.63, 3.8) is 0 Å². The number of halogens is 2. The predicted octanol–water partition coefficient (Wildman–Crippen LogP) is 2.27. The highest BCUT2D eigenvalue weighted by Crippen LogP contribution is 2.20. The Labute approximate surface area is 114 Å². The largest absolute Gasteiger partial charge is 0.394 e. The van der Waals surface area contributed by atoms with Crippen molar-refractivity contribution in [2.24, 2.45) is 0 Å². The second-order valence-corrected chi connectivity index (χ2v) is 4.37. The van der Waals surface area contributed by atoms with Gasteiger partial charge in [-0.05, 0) is 29.8 Å². The first-order chi connectivity index (χ1) is 9.11. The van der Waals surface area contributed by atoms with E-state index in [9.17, 15) is 14.3 Å². The summed E-state index contributed by atoms with van der Waals surface area (Å²) in [5.74, 6) is -0.967. The van der Waals surface area contributed by atoms with Gasteiger partial charge in [0.25, 0.3) is 5.91 Å². The summed E-state index contributed by atoms with van der Waals surface area (Å²) in [5, 5.41) is 11.9. The average Bonchev–Trinajstić information content (AvgIpc) is 2.93. The number of aliphatic hydroxyl groups is 1. The number of aromatic amines is 1. The number of nitrogens with one attached hydrogen (secondary N) is 2. The van der Waals surface area contributed by atoms with E-state index in [2.05, 4.69) is 10.3 Å². The molecule has 0 spiro atoms. The lowest BCUT2D eigenvalue weighted by Gasteiger charge is -2.16. The Morgan fingerprint density at radius 2 is 2.26 bits per heavy atom. The molecular weight excluding hydrogens is 271 g/mol. The fourth-order valence-electron chi connectivity index (χ4n) is 1.67. The van der Waals surface area contributed by atoms with Gasteiger partial charge in [0.1, 0.15) is 11.5 Å². The van der Waals surface area contributed by atoms with E-state index < -0.39 is 11.9 Å². The molecule has 0 saturated heterocycles. The number of hydrogen-bond donors (Lipinski definition) is 3. The van der Waals surface area contributed by atoms with Crippen molar-refractivity contribution in [1.29, 1.82) is 0 Å². The molecule has 0 unspecified atom stereocenters. The van der Waals surface area contributed by atoms with Gasteiger partial charge in [-0.15, -0.1) is 0 Å². The molecule has 6 heteroatoms. The molecule has 0 aliphatic heterocycles. The fourth-order valence-corrected chi connectivity index (χ4v) is 1.79. The van der Waals surface area contributed by atoms with E-state index in [0.29, 0.717) is 11.3 Å². The summed E-state index contributed by atoms with van der Waals surface area (Å²) in [4.78, 5) is 14.6. The SMILES string of the molecule is O=C(N[C@@H](CO)c1ccc(Cl)c(F)c1)c1ccc[nH]1. The summed E-state index contributed by atoms with van der Waals surface area (Å²) in [6.07, 6.45) is 1.62. The van der Waals surface area contributed by atoms with Crippen LogP contribution in [0, 0.1) is 5.82 Å². The quantitative estimate of drug-likeness (QED) is 0.805. The summed E-state index contributed by atoms with van der Waals surface area (Å²) >= 11 is 5.59. The number of H-pyrrole nitrogens is 1. The minimum absolute atomic E-state index is 0.00358. The summed E-state index contributed by atoms with van der Waals surface area (Å²) in [6.45, 7) is -0.340. The van der Waals surface area contributed by atoms with Crippen molar-refractivity contribution in [3.8, 4) is 0 Å². The Balaban J connectivity index is 2.16. The molecule has 0 bridgehead atoms. The third kappa shape index (κ3) is 3.13. The Bertz CT molecular complexity index is 572. The fraction of sp³-hybridized carbons (Fsp3) is 0.154. The maximum absolute atomic E-state index is 13.4. The molecule has 19 heavy (non-hydrogen) atoms. The first kappa shape index (κ1) is 13.6. The third-order valence-electron chi connectivity index (χ3n) is 2.68. The maximum atomic E-state index is 13.4. The number of benzene rings is 1. The minimum Gasteiger partial charge on any atom is -0.394 e. The molecular formula is C13H12ClFN2O2. The second kappa shape index (κ2) is 5.86. The normalized spacial score (nSPS) is 12.2. The second-order valence-electron chi connectivity index (χ2n) is 3.97. The van der Waals surface area contributed by atoms with Crippen LogP contribution in [0.3, 0.4) is 0 Å². The van der Waals surface area contributed by atoms with Gasteiger partial charge in [-0.1, -0.05) is 17.7 Å². The summed E-state index contributed by atoms with van der Waals surface area (Å²) in [6, 6.07) is 6.73. The van der Waals surface area contributed by atoms with Crippen LogP contribution in [-0.4, -0.2) is 22.6 Å². The van der Waals surface area contributed by atoms with Gasteiger partial charge in [0, 0.05) is 6.20 Å². The van der Waals surface area contributed by atoms with E-state index in [1.54, 1.807) is 24.4 Å². The predicted molar refractivity (Wildman–Crippen MR) is 69.5 cm³/mol. The zero-order valence-corrected chi connectivity index (χ0v) is 10.6. The van der Waals surface area contributed by atoms with Crippen LogP contribution >= 0.6 is 11.6 Å². The van der Waals surface area contributed by atoms with Crippen LogP contribution in [0.25, 0.3) is 0 Å². The molecule has 0 radical (unpaired) electrons. The molecule has 100 valence electrons. The van der Waals surface area contributed by atoms with Crippen molar-refractivity contribution in [3.05, 3.63) is 58.6 Å². The van der Waals surface area contributed by atoms with Crippen molar-refractivity contribution in [2.75, 3.05) is 6.61 Å². The molecule has 1 amide bonds. The first-order valence-electron chi connectivity index (χ1n) is 5.62. The molecule has 0 saturated carbocycles. The minimum atomic E-state index is -0.692. The molecule has 0 aliphatic carbocycles. The van der Waals surface area contributed by atoms with Gasteiger partial charge in [0.05, 0.1) is 17.7 Å². The van der Waals surface area contributed by atoms with E-state index in [4.69, 9.17) is 11.6 Å². The van der Waals surface area contributed by atoms with Crippen molar-refractivity contribution in [2.45, 2.75) is 6.04 Å².